The summed E-state index contributed by atoms with van der Waals surface area (Å²) >= 11 is 0. The van der Waals surface area contributed by atoms with Gasteiger partial charge in [-0.2, -0.15) is 9.97 Å². The average Bonchev–Trinajstić information content (AvgIpc) is 3.69. The molecule has 2 bridgehead atoms. The van der Waals surface area contributed by atoms with Crippen molar-refractivity contribution >= 4 is 27.5 Å². The van der Waals surface area contributed by atoms with Gasteiger partial charge in [-0.05, 0) is 79.6 Å². The maximum Gasteiger partial charge on any atom is 0.319 e. The quantitative estimate of drug-likeness (QED) is 0.283. The van der Waals surface area contributed by atoms with Crippen LogP contribution in [-0.4, -0.2) is 77.6 Å². The van der Waals surface area contributed by atoms with Crippen molar-refractivity contribution in [1.82, 2.24) is 20.2 Å². The number of hydrogen-bond acceptors (Lipinski definition) is 7. The van der Waals surface area contributed by atoms with E-state index in [4.69, 9.17) is 9.72 Å². The van der Waals surface area contributed by atoms with Gasteiger partial charge in [-0.3, -0.25) is 4.90 Å². The fraction of sp³-hybridized carbons (Fsp3) is 0.471. The number of piperazine rings is 1. The molecule has 43 heavy (non-hydrogen) atoms. The van der Waals surface area contributed by atoms with E-state index in [1.165, 1.54) is 0 Å². The SMILES string of the molecule is Oc1cc(-c2ccc3c(N4CC5CCC(C4)N5)nc(OCC4(CN5CCCC(F)C5)CC4)nc3c2F)c2ccccc2c1. The Morgan fingerprint density at radius 2 is 1.77 bits per heavy atom. The fourth-order valence-electron chi connectivity index (χ4n) is 7.49. The van der Waals surface area contributed by atoms with Crippen LogP contribution in [0.4, 0.5) is 14.6 Å². The highest BCUT2D eigenvalue weighted by Gasteiger charge is 2.45. The largest absolute Gasteiger partial charge is 0.508 e. The second kappa shape index (κ2) is 10.6. The zero-order valence-electron chi connectivity index (χ0n) is 24.2. The number of rotatable bonds is 7. The van der Waals surface area contributed by atoms with E-state index in [1.54, 1.807) is 18.2 Å². The summed E-state index contributed by atoms with van der Waals surface area (Å²) in [6, 6.07) is 15.6. The third-order valence-corrected chi connectivity index (χ3v) is 9.89. The summed E-state index contributed by atoms with van der Waals surface area (Å²) in [7, 11) is 0. The zero-order valence-corrected chi connectivity index (χ0v) is 24.2. The number of hydrogen-bond donors (Lipinski definition) is 2. The normalized spacial score (nSPS) is 25.0. The first-order valence-corrected chi connectivity index (χ1v) is 15.7. The van der Waals surface area contributed by atoms with Crippen molar-refractivity contribution < 1.29 is 18.6 Å². The van der Waals surface area contributed by atoms with E-state index in [0.717, 1.165) is 69.1 Å². The van der Waals surface area contributed by atoms with Gasteiger partial charge in [0.15, 0.2) is 5.82 Å². The lowest BCUT2D eigenvalue weighted by molar-refractivity contribution is 0.0974. The summed E-state index contributed by atoms with van der Waals surface area (Å²) in [5.74, 6) is 0.327. The Labute approximate surface area is 249 Å². The third-order valence-electron chi connectivity index (χ3n) is 9.89. The van der Waals surface area contributed by atoms with E-state index in [9.17, 15) is 9.50 Å². The van der Waals surface area contributed by atoms with Crippen LogP contribution >= 0.6 is 0 Å². The first-order valence-electron chi connectivity index (χ1n) is 15.7. The third kappa shape index (κ3) is 5.16. The molecule has 0 amide bonds. The molecule has 3 aromatic carbocycles. The van der Waals surface area contributed by atoms with Crippen LogP contribution in [0.25, 0.3) is 32.8 Å². The molecule has 224 valence electrons. The summed E-state index contributed by atoms with van der Waals surface area (Å²) < 4.78 is 37.0. The molecule has 4 fully saturated rings. The van der Waals surface area contributed by atoms with Crippen molar-refractivity contribution in [3.05, 3.63) is 54.3 Å². The first kappa shape index (κ1) is 27.0. The minimum absolute atomic E-state index is 0.0371. The summed E-state index contributed by atoms with van der Waals surface area (Å²) in [6.45, 7) is 4.23. The highest BCUT2D eigenvalue weighted by molar-refractivity contribution is 6.01. The van der Waals surface area contributed by atoms with Gasteiger partial charge >= 0.3 is 6.01 Å². The maximum atomic E-state index is 16.6. The first-order chi connectivity index (χ1) is 20.9. The summed E-state index contributed by atoms with van der Waals surface area (Å²) in [5, 5.41) is 16.5. The van der Waals surface area contributed by atoms with Gasteiger partial charge in [-0.25, -0.2) is 8.78 Å². The Hall–Kier alpha value is -3.56. The number of ether oxygens (including phenoxy) is 1. The predicted molar refractivity (Wildman–Crippen MR) is 164 cm³/mol. The topological polar surface area (TPSA) is 73.8 Å². The van der Waals surface area contributed by atoms with Gasteiger partial charge in [0.1, 0.15) is 23.3 Å². The molecule has 3 saturated heterocycles. The number of phenols is 1. The number of piperidine rings is 1. The number of benzene rings is 3. The average molecular weight is 586 g/mol. The van der Waals surface area contributed by atoms with E-state index in [0.29, 0.717) is 54.0 Å². The van der Waals surface area contributed by atoms with Crippen LogP contribution < -0.4 is 15.0 Å². The minimum Gasteiger partial charge on any atom is -0.508 e. The Morgan fingerprint density at radius 1 is 0.953 bits per heavy atom. The lowest BCUT2D eigenvalue weighted by Gasteiger charge is -2.34. The van der Waals surface area contributed by atoms with Crippen molar-refractivity contribution in [3.8, 4) is 22.9 Å². The van der Waals surface area contributed by atoms with E-state index in [-0.39, 0.29) is 22.7 Å². The van der Waals surface area contributed by atoms with Crippen LogP contribution in [0.2, 0.25) is 0 Å². The minimum atomic E-state index is -0.757. The smallest absolute Gasteiger partial charge is 0.319 e. The van der Waals surface area contributed by atoms with Crippen LogP contribution in [0, 0.1) is 11.2 Å². The molecule has 4 aromatic rings. The lowest BCUT2D eigenvalue weighted by Crippen LogP contribution is -2.51. The van der Waals surface area contributed by atoms with Crippen LogP contribution in [0.3, 0.4) is 0 Å². The number of halogens is 2. The highest BCUT2D eigenvalue weighted by Crippen LogP contribution is 2.47. The van der Waals surface area contributed by atoms with Gasteiger partial charge in [0.2, 0.25) is 0 Å². The summed E-state index contributed by atoms with van der Waals surface area (Å²) in [5.41, 5.74) is 1.17. The molecule has 7 nitrogen and oxygen atoms in total. The van der Waals surface area contributed by atoms with Gasteiger partial charge in [0.25, 0.3) is 0 Å². The number of fused-ring (bicyclic) bond motifs is 4. The highest BCUT2D eigenvalue weighted by atomic mass is 19.1. The number of nitrogens with one attached hydrogen (secondary N) is 1. The second-order valence-corrected chi connectivity index (χ2v) is 13.2. The molecule has 0 radical (unpaired) electrons. The van der Waals surface area contributed by atoms with Crippen LogP contribution in [0.15, 0.2) is 48.5 Å². The van der Waals surface area contributed by atoms with Crippen molar-refractivity contribution in [3.63, 3.8) is 0 Å². The van der Waals surface area contributed by atoms with Gasteiger partial charge in [-0.15, -0.1) is 0 Å². The van der Waals surface area contributed by atoms with E-state index in [1.807, 2.05) is 30.3 Å². The molecule has 3 atom stereocenters. The van der Waals surface area contributed by atoms with Crippen LogP contribution in [0.5, 0.6) is 11.8 Å². The number of aromatic nitrogens is 2. The molecule has 1 aromatic heterocycles. The molecule has 9 heteroatoms. The molecule has 2 N–H and O–H groups in total. The second-order valence-electron chi connectivity index (χ2n) is 13.2. The molecule has 8 rings (SSSR count). The summed E-state index contributed by atoms with van der Waals surface area (Å²) in [6.07, 6.45) is 5.05. The van der Waals surface area contributed by atoms with Crippen molar-refractivity contribution in [2.24, 2.45) is 5.41 Å². The van der Waals surface area contributed by atoms with Gasteiger partial charge < -0.3 is 20.1 Å². The molecule has 1 saturated carbocycles. The molecule has 1 aliphatic carbocycles. The van der Waals surface area contributed by atoms with Gasteiger partial charge in [-0.1, -0.05) is 30.3 Å². The Morgan fingerprint density at radius 3 is 2.56 bits per heavy atom. The van der Waals surface area contributed by atoms with E-state index >= 15 is 4.39 Å². The predicted octanol–water partition coefficient (Wildman–Crippen LogP) is 5.83. The molecule has 0 spiro atoms. The Balaban J connectivity index is 1.17. The number of phenolic OH excluding ortho intramolecular Hbond substituents is 1. The van der Waals surface area contributed by atoms with Crippen molar-refractivity contribution in [2.45, 2.75) is 56.8 Å². The van der Waals surface area contributed by atoms with E-state index < -0.39 is 12.0 Å². The number of alkyl halides is 1. The van der Waals surface area contributed by atoms with Gasteiger partial charge in [0, 0.05) is 54.6 Å². The van der Waals surface area contributed by atoms with Crippen LogP contribution in [0.1, 0.15) is 38.5 Å². The van der Waals surface area contributed by atoms with Crippen molar-refractivity contribution in [1.29, 1.82) is 0 Å². The van der Waals surface area contributed by atoms with Crippen LogP contribution in [-0.2, 0) is 0 Å². The lowest BCUT2D eigenvalue weighted by atomic mass is 9.96. The molecule has 3 aliphatic heterocycles. The molecular weight excluding hydrogens is 548 g/mol. The molecule has 4 aliphatic rings. The fourth-order valence-corrected chi connectivity index (χ4v) is 7.49. The number of anilines is 1. The number of likely N-dealkylation sites (tertiary alicyclic amines) is 1. The molecule has 4 heterocycles. The number of nitrogens with zero attached hydrogens (tertiary/aromatic N) is 4. The maximum absolute atomic E-state index is 16.6. The van der Waals surface area contributed by atoms with Gasteiger partial charge in [0.05, 0.1) is 6.61 Å². The summed E-state index contributed by atoms with van der Waals surface area (Å²) in [4.78, 5) is 14.1. The Kier molecular flexibility index (Phi) is 6.63. The zero-order chi connectivity index (χ0) is 29.1. The van der Waals surface area contributed by atoms with E-state index in [2.05, 4.69) is 20.1 Å². The number of aromatic hydroxyl groups is 1. The standard InChI is InChI=1S/C34H37F2N5O2/c35-22-5-3-13-40(16-22)19-34(11-12-34)20-43-33-38-31-28(32(39-33)41-17-23-7-8-24(18-41)37-23)10-9-27(30(31)36)29-15-25(42)14-21-4-1-2-6-26(21)29/h1-2,4,6,9-10,14-15,22-24,37,42H,3,5,7-8,11-13,16-20H2. The molecule has 3 unspecified atom stereocenters. The monoisotopic (exact) mass is 585 g/mol. The molecular formula is C34H37F2N5O2. The van der Waals surface area contributed by atoms with Crippen molar-refractivity contribution in [2.75, 3.05) is 44.2 Å². The Bertz CT molecular complexity index is 1680.